The van der Waals surface area contributed by atoms with Crippen molar-refractivity contribution < 1.29 is 9.59 Å². The summed E-state index contributed by atoms with van der Waals surface area (Å²) in [7, 11) is 0. The van der Waals surface area contributed by atoms with Gasteiger partial charge in [0, 0.05) is 24.3 Å². The molecule has 3 rings (SSSR count). The number of benzene rings is 2. The Kier molecular flexibility index (Phi) is 3.92. The molecule has 1 aliphatic rings. The fourth-order valence-corrected chi connectivity index (χ4v) is 2.62. The van der Waals surface area contributed by atoms with E-state index in [1.54, 1.807) is 4.90 Å². The van der Waals surface area contributed by atoms with Crippen molar-refractivity contribution in [2.24, 2.45) is 5.92 Å². The average molecular weight is 294 g/mol. The Morgan fingerprint density at radius 3 is 2.45 bits per heavy atom. The fourth-order valence-electron chi connectivity index (χ4n) is 2.62. The standard InChI is InChI=1S/C18H18N2O2/c1-13-7-9-15(10-8-13)19-18(22)14-11-17(21)20(12-14)16-5-3-2-4-6-16/h2-10,14H,11-12H2,1H3,(H,19,22). The lowest BCUT2D eigenvalue weighted by atomic mass is 10.1. The van der Waals surface area contributed by atoms with Crippen LogP contribution in [-0.2, 0) is 9.59 Å². The van der Waals surface area contributed by atoms with Crippen molar-refractivity contribution in [1.29, 1.82) is 0 Å². The second-order valence-corrected chi connectivity index (χ2v) is 5.60. The molecular weight excluding hydrogens is 276 g/mol. The molecule has 0 saturated carbocycles. The van der Waals surface area contributed by atoms with Crippen LogP contribution in [0.2, 0.25) is 0 Å². The third kappa shape index (κ3) is 3.01. The minimum Gasteiger partial charge on any atom is -0.326 e. The van der Waals surface area contributed by atoms with E-state index >= 15 is 0 Å². The van der Waals surface area contributed by atoms with Crippen molar-refractivity contribution in [2.45, 2.75) is 13.3 Å². The van der Waals surface area contributed by atoms with Gasteiger partial charge < -0.3 is 10.2 Å². The number of carbonyl (C=O) groups is 2. The summed E-state index contributed by atoms with van der Waals surface area (Å²) >= 11 is 0. The van der Waals surface area contributed by atoms with Crippen LogP contribution in [0.15, 0.2) is 54.6 Å². The van der Waals surface area contributed by atoms with Crippen LogP contribution in [0.5, 0.6) is 0 Å². The average Bonchev–Trinajstić information content (AvgIpc) is 2.92. The smallest absolute Gasteiger partial charge is 0.229 e. The molecule has 1 fully saturated rings. The SMILES string of the molecule is Cc1ccc(NC(=O)C2CC(=O)N(c3ccccc3)C2)cc1. The van der Waals surface area contributed by atoms with Gasteiger partial charge >= 0.3 is 0 Å². The van der Waals surface area contributed by atoms with E-state index in [-0.39, 0.29) is 24.2 Å². The Bertz CT molecular complexity index is 680. The fraction of sp³-hybridized carbons (Fsp3) is 0.222. The number of nitrogens with one attached hydrogen (secondary N) is 1. The minimum absolute atomic E-state index is 0.00439. The monoisotopic (exact) mass is 294 g/mol. The lowest BCUT2D eigenvalue weighted by molar-refractivity contribution is -0.122. The zero-order valence-electron chi connectivity index (χ0n) is 12.5. The van der Waals surface area contributed by atoms with Gasteiger partial charge in [0.1, 0.15) is 0 Å². The molecule has 2 amide bonds. The number of para-hydroxylation sites is 1. The summed E-state index contributed by atoms with van der Waals surface area (Å²) in [6, 6.07) is 17.1. The summed E-state index contributed by atoms with van der Waals surface area (Å²) in [6.07, 6.45) is 0.257. The van der Waals surface area contributed by atoms with Gasteiger partial charge in [-0.25, -0.2) is 0 Å². The first-order chi connectivity index (χ1) is 10.6. The molecule has 112 valence electrons. The maximum absolute atomic E-state index is 12.3. The first-order valence-electron chi connectivity index (χ1n) is 7.36. The Morgan fingerprint density at radius 1 is 1.09 bits per heavy atom. The molecule has 0 aromatic heterocycles. The summed E-state index contributed by atoms with van der Waals surface area (Å²) in [5.41, 5.74) is 2.75. The quantitative estimate of drug-likeness (QED) is 0.946. The molecule has 4 nitrogen and oxygen atoms in total. The Hall–Kier alpha value is -2.62. The van der Waals surface area contributed by atoms with Crippen LogP contribution >= 0.6 is 0 Å². The summed E-state index contributed by atoms with van der Waals surface area (Å²) in [6.45, 7) is 2.43. The molecule has 0 aliphatic carbocycles. The molecule has 0 bridgehead atoms. The molecule has 4 heteroatoms. The molecule has 0 radical (unpaired) electrons. The van der Waals surface area contributed by atoms with Gasteiger partial charge in [0.2, 0.25) is 11.8 Å². The van der Waals surface area contributed by atoms with Gasteiger partial charge in [-0.15, -0.1) is 0 Å². The van der Waals surface area contributed by atoms with Gasteiger partial charge in [-0.05, 0) is 31.2 Å². The summed E-state index contributed by atoms with van der Waals surface area (Å²) in [5, 5.41) is 2.89. The molecule has 0 spiro atoms. The molecular formula is C18H18N2O2. The molecule has 1 heterocycles. The first-order valence-corrected chi connectivity index (χ1v) is 7.36. The maximum atomic E-state index is 12.3. The zero-order chi connectivity index (χ0) is 15.5. The van der Waals surface area contributed by atoms with Crippen LogP contribution in [0.4, 0.5) is 11.4 Å². The normalized spacial score (nSPS) is 17.6. The zero-order valence-corrected chi connectivity index (χ0v) is 12.5. The molecule has 2 aromatic carbocycles. The molecule has 1 saturated heterocycles. The molecule has 1 N–H and O–H groups in total. The number of nitrogens with zero attached hydrogens (tertiary/aromatic N) is 1. The lowest BCUT2D eigenvalue weighted by Gasteiger charge is -2.16. The second kappa shape index (κ2) is 6.02. The maximum Gasteiger partial charge on any atom is 0.229 e. The van der Waals surface area contributed by atoms with E-state index in [0.29, 0.717) is 6.54 Å². The highest BCUT2D eigenvalue weighted by atomic mass is 16.2. The first kappa shape index (κ1) is 14.3. The third-order valence-electron chi connectivity index (χ3n) is 3.88. The van der Waals surface area contributed by atoms with Crippen LogP contribution in [0.25, 0.3) is 0 Å². The highest BCUT2D eigenvalue weighted by Gasteiger charge is 2.35. The van der Waals surface area contributed by atoms with Crippen LogP contribution < -0.4 is 10.2 Å². The summed E-state index contributed by atoms with van der Waals surface area (Å²) < 4.78 is 0. The van der Waals surface area contributed by atoms with E-state index in [1.165, 1.54) is 0 Å². The van der Waals surface area contributed by atoms with Crippen molar-refractivity contribution in [2.75, 3.05) is 16.8 Å². The van der Waals surface area contributed by atoms with E-state index in [4.69, 9.17) is 0 Å². The Labute approximate surface area is 129 Å². The molecule has 22 heavy (non-hydrogen) atoms. The molecule has 2 aromatic rings. The highest BCUT2D eigenvalue weighted by Crippen LogP contribution is 2.25. The largest absolute Gasteiger partial charge is 0.326 e. The highest BCUT2D eigenvalue weighted by molar-refractivity contribution is 6.03. The van der Waals surface area contributed by atoms with E-state index in [9.17, 15) is 9.59 Å². The van der Waals surface area contributed by atoms with Crippen LogP contribution in [0, 0.1) is 12.8 Å². The number of rotatable bonds is 3. The third-order valence-corrected chi connectivity index (χ3v) is 3.88. The summed E-state index contributed by atoms with van der Waals surface area (Å²) in [5.74, 6) is -0.417. The van der Waals surface area contributed by atoms with E-state index < -0.39 is 0 Å². The number of amides is 2. The second-order valence-electron chi connectivity index (χ2n) is 5.60. The van der Waals surface area contributed by atoms with E-state index in [0.717, 1.165) is 16.9 Å². The van der Waals surface area contributed by atoms with Crippen LogP contribution in [0.3, 0.4) is 0 Å². The van der Waals surface area contributed by atoms with Gasteiger partial charge in [-0.3, -0.25) is 9.59 Å². The van der Waals surface area contributed by atoms with Gasteiger partial charge in [0.15, 0.2) is 0 Å². The minimum atomic E-state index is -0.311. The van der Waals surface area contributed by atoms with Gasteiger partial charge in [-0.1, -0.05) is 35.9 Å². The van der Waals surface area contributed by atoms with E-state index in [1.807, 2.05) is 61.5 Å². The number of carbonyl (C=O) groups excluding carboxylic acids is 2. The molecule has 1 aliphatic heterocycles. The molecule has 1 atom stereocenters. The van der Waals surface area contributed by atoms with Gasteiger partial charge in [-0.2, -0.15) is 0 Å². The van der Waals surface area contributed by atoms with Crippen molar-refractivity contribution in [3.63, 3.8) is 0 Å². The van der Waals surface area contributed by atoms with Crippen LogP contribution in [0.1, 0.15) is 12.0 Å². The number of aryl methyl sites for hydroxylation is 1. The van der Waals surface area contributed by atoms with Crippen molar-refractivity contribution in [3.8, 4) is 0 Å². The van der Waals surface area contributed by atoms with Crippen molar-refractivity contribution >= 4 is 23.2 Å². The van der Waals surface area contributed by atoms with Gasteiger partial charge in [0.05, 0.1) is 5.92 Å². The van der Waals surface area contributed by atoms with E-state index in [2.05, 4.69) is 5.32 Å². The number of hydrogen-bond acceptors (Lipinski definition) is 2. The van der Waals surface area contributed by atoms with Crippen molar-refractivity contribution in [1.82, 2.24) is 0 Å². The van der Waals surface area contributed by atoms with Gasteiger partial charge in [0.25, 0.3) is 0 Å². The lowest BCUT2D eigenvalue weighted by Crippen LogP contribution is -2.28. The topological polar surface area (TPSA) is 49.4 Å². The van der Waals surface area contributed by atoms with Crippen molar-refractivity contribution in [3.05, 3.63) is 60.2 Å². The predicted octanol–water partition coefficient (Wildman–Crippen LogP) is 2.99. The Morgan fingerprint density at radius 2 is 1.77 bits per heavy atom. The summed E-state index contributed by atoms with van der Waals surface area (Å²) in [4.78, 5) is 26.1. The Balaban J connectivity index is 1.67. The molecule has 1 unspecified atom stereocenters. The predicted molar refractivity (Wildman–Crippen MR) is 86.7 cm³/mol. The number of anilines is 2. The number of hydrogen-bond donors (Lipinski definition) is 1. The van der Waals surface area contributed by atoms with Crippen LogP contribution in [-0.4, -0.2) is 18.4 Å².